The third-order valence-corrected chi connectivity index (χ3v) is 3.63. The van der Waals surface area contributed by atoms with Crippen LogP contribution in [0.15, 0.2) is 0 Å². The molecule has 2 atom stereocenters. The second-order valence-electron chi connectivity index (χ2n) is 6.56. The van der Waals surface area contributed by atoms with Crippen molar-refractivity contribution in [3.8, 4) is 0 Å². The Morgan fingerprint density at radius 3 is 2.86 bits per heavy atom. The summed E-state index contributed by atoms with van der Waals surface area (Å²) in [6.07, 6.45) is 3.92. The lowest BCUT2D eigenvalue weighted by molar-refractivity contribution is 0.0523. The fraction of sp³-hybridized carbons (Fsp3) is 0.857. The van der Waals surface area contributed by atoms with Crippen LogP contribution in [0.1, 0.15) is 52.9 Å². The number of fused-ring (bicyclic) bond motifs is 1. The predicted molar refractivity (Wildman–Crippen MR) is 76.4 cm³/mol. The summed E-state index contributed by atoms with van der Waals surface area (Å²) in [4.78, 5) is 30.1. The Kier molecular flexibility index (Phi) is 4.92. The van der Waals surface area contributed by atoms with Gasteiger partial charge in [-0.05, 0) is 46.5 Å². The van der Waals surface area contributed by atoms with Gasteiger partial charge in [-0.2, -0.15) is 0 Å². The summed E-state index contributed by atoms with van der Waals surface area (Å²) < 4.78 is 5.19. The molecule has 7 heteroatoms. The van der Waals surface area contributed by atoms with Crippen LogP contribution in [-0.2, 0) is 9.57 Å². The van der Waals surface area contributed by atoms with Crippen LogP contribution in [-0.4, -0.2) is 41.4 Å². The molecule has 2 amide bonds. The number of alkyl carbamates (subject to hydrolysis) is 1. The monoisotopic (exact) mass is 299 g/mol. The summed E-state index contributed by atoms with van der Waals surface area (Å²) in [7, 11) is 0. The highest BCUT2D eigenvalue weighted by Crippen LogP contribution is 2.26. The second kappa shape index (κ2) is 6.51. The van der Waals surface area contributed by atoms with Gasteiger partial charge in [0.15, 0.2) is 0 Å². The zero-order chi connectivity index (χ0) is 15.5. The van der Waals surface area contributed by atoms with E-state index >= 15 is 0 Å². The fourth-order valence-corrected chi connectivity index (χ4v) is 2.75. The smallest absolute Gasteiger partial charge is 0.430 e. The highest BCUT2D eigenvalue weighted by atomic mass is 16.7. The average Bonchev–Trinajstić information content (AvgIpc) is 2.60. The largest absolute Gasteiger partial charge is 0.444 e. The van der Waals surface area contributed by atoms with Gasteiger partial charge in [-0.3, -0.25) is 4.90 Å². The van der Waals surface area contributed by atoms with Crippen molar-refractivity contribution in [2.45, 2.75) is 70.7 Å². The molecule has 2 aliphatic heterocycles. The highest BCUT2D eigenvalue weighted by Gasteiger charge is 2.39. The first-order chi connectivity index (χ1) is 9.87. The number of carbonyl (C=O) groups excluding carboxylic acids is 2. The van der Waals surface area contributed by atoms with Gasteiger partial charge in [-0.15, -0.1) is 5.48 Å². The van der Waals surface area contributed by atoms with Crippen LogP contribution in [0.4, 0.5) is 9.59 Å². The summed E-state index contributed by atoms with van der Waals surface area (Å²) in [6, 6.07) is 0.0925. The lowest BCUT2D eigenvalue weighted by Crippen LogP contribution is -2.44. The normalized spacial score (nSPS) is 25.9. The zero-order valence-corrected chi connectivity index (χ0v) is 13.0. The van der Waals surface area contributed by atoms with Gasteiger partial charge in [-0.25, -0.2) is 9.59 Å². The van der Waals surface area contributed by atoms with Crippen molar-refractivity contribution in [2.75, 3.05) is 6.54 Å². The van der Waals surface area contributed by atoms with Crippen LogP contribution >= 0.6 is 0 Å². The molecule has 2 aliphatic rings. The third kappa shape index (κ3) is 4.49. The van der Waals surface area contributed by atoms with Crippen LogP contribution in [0, 0.1) is 0 Å². The first-order valence-electron chi connectivity index (χ1n) is 7.58. The van der Waals surface area contributed by atoms with Crippen LogP contribution in [0.25, 0.3) is 0 Å². The van der Waals surface area contributed by atoms with E-state index in [0.717, 1.165) is 25.7 Å². The molecule has 0 aromatic carbocycles. The maximum atomic E-state index is 11.8. The molecule has 2 N–H and O–H groups in total. The SMILES string of the molecule is CC(C)(C)OC(=O)NCCC1CCCCC2NOC(=O)N12. The molecule has 21 heavy (non-hydrogen) atoms. The number of hydrogen-bond acceptors (Lipinski definition) is 5. The highest BCUT2D eigenvalue weighted by molar-refractivity contribution is 5.70. The molecule has 2 rings (SSSR count). The number of carbonyl (C=O) groups is 2. The lowest BCUT2D eigenvalue weighted by Gasteiger charge is -2.27. The van der Waals surface area contributed by atoms with Crippen LogP contribution < -0.4 is 10.8 Å². The molecule has 0 aromatic rings. The molecule has 0 bridgehead atoms. The Morgan fingerprint density at radius 2 is 2.14 bits per heavy atom. The number of rotatable bonds is 3. The summed E-state index contributed by atoms with van der Waals surface area (Å²) >= 11 is 0. The first-order valence-corrected chi connectivity index (χ1v) is 7.58. The van der Waals surface area contributed by atoms with Gasteiger partial charge in [-0.1, -0.05) is 6.42 Å². The van der Waals surface area contributed by atoms with Gasteiger partial charge < -0.3 is 14.9 Å². The van der Waals surface area contributed by atoms with E-state index in [1.54, 1.807) is 4.90 Å². The number of ether oxygens (including phenoxy) is 1. The Bertz CT molecular complexity index is 394. The number of nitrogens with one attached hydrogen (secondary N) is 2. The van der Waals surface area contributed by atoms with E-state index in [4.69, 9.17) is 9.57 Å². The summed E-state index contributed by atoms with van der Waals surface area (Å²) in [6.45, 7) is 5.97. The maximum absolute atomic E-state index is 11.8. The summed E-state index contributed by atoms with van der Waals surface area (Å²) in [5, 5.41) is 2.74. The molecule has 7 nitrogen and oxygen atoms in total. The number of nitrogens with zero attached hydrogens (tertiary/aromatic N) is 1. The molecular weight excluding hydrogens is 274 g/mol. The van der Waals surface area contributed by atoms with Crippen molar-refractivity contribution < 1.29 is 19.2 Å². The Hall–Kier alpha value is -1.50. The molecule has 0 saturated carbocycles. The van der Waals surface area contributed by atoms with Crippen LogP contribution in [0.2, 0.25) is 0 Å². The minimum absolute atomic E-state index is 0.0356. The van der Waals surface area contributed by atoms with Gasteiger partial charge in [0.2, 0.25) is 0 Å². The number of hydrogen-bond donors (Lipinski definition) is 2. The van der Waals surface area contributed by atoms with Crippen molar-refractivity contribution in [1.29, 1.82) is 0 Å². The van der Waals surface area contributed by atoms with Crippen molar-refractivity contribution in [3.05, 3.63) is 0 Å². The molecule has 0 aromatic heterocycles. The maximum Gasteiger partial charge on any atom is 0.430 e. The Labute approximate surface area is 125 Å². The molecule has 120 valence electrons. The molecule has 2 heterocycles. The zero-order valence-electron chi connectivity index (χ0n) is 13.0. The van der Waals surface area contributed by atoms with Gasteiger partial charge in [0.25, 0.3) is 0 Å². The standard InChI is InChI=1S/C14H25N3O4/c1-14(2,3)20-12(18)15-9-8-10-6-4-5-7-11-16-21-13(19)17(10)11/h10-11,16H,4-9H2,1-3H3,(H,15,18). The van der Waals surface area contributed by atoms with E-state index in [1.807, 2.05) is 20.8 Å². The van der Waals surface area contributed by atoms with Crippen molar-refractivity contribution >= 4 is 12.2 Å². The van der Waals surface area contributed by atoms with E-state index in [1.165, 1.54) is 0 Å². The Morgan fingerprint density at radius 1 is 1.43 bits per heavy atom. The van der Waals surface area contributed by atoms with Gasteiger partial charge in [0.1, 0.15) is 11.8 Å². The topological polar surface area (TPSA) is 79.9 Å². The van der Waals surface area contributed by atoms with Crippen molar-refractivity contribution in [1.82, 2.24) is 15.7 Å². The minimum atomic E-state index is -0.500. The van der Waals surface area contributed by atoms with E-state index in [-0.39, 0.29) is 18.3 Å². The van der Waals surface area contributed by atoms with Crippen molar-refractivity contribution in [3.63, 3.8) is 0 Å². The van der Waals surface area contributed by atoms with Crippen molar-refractivity contribution in [2.24, 2.45) is 0 Å². The lowest BCUT2D eigenvalue weighted by atomic mass is 10.1. The molecular formula is C14H25N3O4. The predicted octanol–water partition coefficient (Wildman–Crippen LogP) is 2.13. The summed E-state index contributed by atoms with van der Waals surface area (Å²) in [5.74, 6) is 0. The van der Waals surface area contributed by atoms with Crippen LogP contribution in [0.5, 0.6) is 0 Å². The molecule has 0 spiro atoms. The Balaban J connectivity index is 1.81. The molecule has 2 unspecified atom stereocenters. The van der Waals surface area contributed by atoms with Crippen LogP contribution in [0.3, 0.4) is 0 Å². The number of amides is 2. The quantitative estimate of drug-likeness (QED) is 0.834. The van der Waals surface area contributed by atoms with Gasteiger partial charge >= 0.3 is 12.2 Å². The molecule has 2 fully saturated rings. The van der Waals surface area contributed by atoms with E-state index < -0.39 is 11.7 Å². The average molecular weight is 299 g/mol. The first kappa shape index (κ1) is 15.9. The number of hydroxylamine groups is 1. The molecule has 0 aliphatic carbocycles. The van der Waals surface area contributed by atoms with Gasteiger partial charge in [0.05, 0.1) is 0 Å². The molecule has 2 saturated heterocycles. The van der Waals surface area contributed by atoms with E-state index in [0.29, 0.717) is 13.0 Å². The van der Waals surface area contributed by atoms with E-state index in [2.05, 4.69) is 10.8 Å². The third-order valence-electron chi connectivity index (χ3n) is 3.63. The van der Waals surface area contributed by atoms with Gasteiger partial charge in [0, 0.05) is 12.6 Å². The fourth-order valence-electron chi connectivity index (χ4n) is 2.75. The molecule has 0 radical (unpaired) electrons. The minimum Gasteiger partial charge on any atom is -0.444 e. The van der Waals surface area contributed by atoms with E-state index in [9.17, 15) is 9.59 Å². The summed E-state index contributed by atoms with van der Waals surface area (Å²) in [5.41, 5.74) is 2.27. The second-order valence-corrected chi connectivity index (χ2v) is 6.56.